The summed E-state index contributed by atoms with van der Waals surface area (Å²) in [6, 6.07) is 0. The van der Waals surface area contributed by atoms with Crippen molar-refractivity contribution in [3.63, 3.8) is 0 Å². The van der Waals surface area contributed by atoms with Gasteiger partial charge in [0, 0.05) is 0 Å². The van der Waals surface area contributed by atoms with E-state index < -0.39 is 46.1 Å². The molecule has 1 aromatic carbocycles. The molecule has 0 atom stereocenters. The van der Waals surface area contributed by atoms with Crippen LogP contribution in [0, 0.1) is 29.1 Å². The Kier molecular flexibility index (Phi) is 2.74. The van der Waals surface area contributed by atoms with Crippen LogP contribution in [0.3, 0.4) is 0 Å². The second-order valence-electron chi connectivity index (χ2n) is 1.98. The molecule has 0 bridgehead atoms. The van der Waals surface area contributed by atoms with Crippen molar-refractivity contribution in [2.24, 2.45) is 0 Å². The zero-order valence-electron chi connectivity index (χ0n) is 5.68. The molecule has 0 nitrogen and oxygen atoms in total. The normalized spacial score (nSPS) is 10.6. The zero-order valence-corrected chi connectivity index (χ0v) is 6.49. The molecule has 0 amide bonds. The van der Waals surface area contributed by atoms with Crippen molar-refractivity contribution in [2.75, 3.05) is 0 Å². The lowest BCUT2D eigenvalue weighted by atomic mass is 10.3. The Morgan fingerprint density at radius 3 is 1.23 bits per heavy atom. The number of benzene rings is 1. The summed E-state index contributed by atoms with van der Waals surface area (Å²) in [5.41, 5.74) is 0. The molecular formula is C6F6S. The molecule has 1 rings (SSSR count). The fourth-order valence-electron chi connectivity index (χ4n) is 0.652. The predicted octanol–water partition coefficient (Wildman–Crippen LogP) is 3.36. The summed E-state index contributed by atoms with van der Waals surface area (Å²) in [4.78, 5) is -1.53. The highest BCUT2D eigenvalue weighted by atomic mass is 32.2. The molecule has 0 radical (unpaired) electrons. The molecule has 0 aliphatic carbocycles. The molecule has 0 aliphatic heterocycles. The average molecular weight is 218 g/mol. The number of halogens is 6. The topological polar surface area (TPSA) is 0 Å². The van der Waals surface area contributed by atoms with Crippen LogP contribution in [0.4, 0.5) is 25.8 Å². The summed E-state index contributed by atoms with van der Waals surface area (Å²) in [7, 11) is 0. The number of rotatable bonds is 1. The standard InChI is InChI=1S/C6F6S/c7-1-2(8)4(10)6(13-12)5(11)3(1)9. The van der Waals surface area contributed by atoms with Crippen LogP contribution in [0.15, 0.2) is 4.90 Å². The van der Waals surface area contributed by atoms with Crippen LogP contribution < -0.4 is 0 Å². The van der Waals surface area contributed by atoms with Crippen LogP contribution in [0.25, 0.3) is 0 Å². The average Bonchev–Trinajstić information content (AvgIpc) is 2.13. The van der Waals surface area contributed by atoms with Gasteiger partial charge in [0.05, 0.1) is 12.1 Å². The van der Waals surface area contributed by atoms with Gasteiger partial charge in [-0.3, -0.25) is 0 Å². The molecule has 7 heteroatoms. The molecule has 0 saturated carbocycles. The van der Waals surface area contributed by atoms with Gasteiger partial charge in [0.2, 0.25) is 5.82 Å². The minimum Gasteiger partial charge on any atom is -0.202 e. The van der Waals surface area contributed by atoms with Crippen molar-refractivity contribution in [3.05, 3.63) is 29.1 Å². The maximum absolute atomic E-state index is 12.4. The predicted molar refractivity (Wildman–Crippen MR) is 33.2 cm³/mol. The van der Waals surface area contributed by atoms with Gasteiger partial charge in [-0.2, -0.15) is 3.89 Å². The van der Waals surface area contributed by atoms with Gasteiger partial charge < -0.3 is 0 Å². The largest absolute Gasteiger partial charge is 0.202 e. The Labute approximate surface area is 72.8 Å². The molecule has 0 aliphatic rings. The Morgan fingerprint density at radius 1 is 0.615 bits per heavy atom. The van der Waals surface area contributed by atoms with Gasteiger partial charge >= 0.3 is 0 Å². The minimum absolute atomic E-state index is 1.04. The highest BCUT2D eigenvalue weighted by molar-refractivity contribution is 7.94. The Balaban J connectivity index is 3.56. The van der Waals surface area contributed by atoms with E-state index in [-0.39, 0.29) is 0 Å². The summed E-state index contributed by atoms with van der Waals surface area (Å²) >= 11 is -1.04. The van der Waals surface area contributed by atoms with E-state index >= 15 is 0 Å². The van der Waals surface area contributed by atoms with Crippen LogP contribution in [-0.4, -0.2) is 0 Å². The maximum Gasteiger partial charge on any atom is 0.200 e. The molecule has 0 saturated heterocycles. The van der Waals surface area contributed by atoms with Crippen molar-refractivity contribution in [3.8, 4) is 0 Å². The highest BCUT2D eigenvalue weighted by Gasteiger charge is 2.26. The van der Waals surface area contributed by atoms with Crippen LogP contribution in [0.1, 0.15) is 0 Å². The Bertz CT molecular complexity index is 320. The van der Waals surface area contributed by atoms with E-state index in [0.717, 1.165) is 0 Å². The fourth-order valence-corrected chi connectivity index (χ4v) is 0.967. The van der Waals surface area contributed by atoms with Gasteiger partial charge in [0.1, 0.15) is 4.90 Å². The quantitative estimate of drug-likeness (QED) is 0.395. The van der Waals surface area contributed by atoms with Crippen LogP contribution in [0.5, 0.6) is 0 Å². The third kappa shape index (κ3) is 1.48. The lowest BCUT2D eigenvalue weighted by Crippen LogP contribution is -2.02. The van der Waals surface area contributed by atoms with E-state index in [0.29, 0.717) is 0 Å². The van der Waals surface area contributed by atoms with Gasteiger partial charge in [0.15, 0.2) is 23.3 Å². The molecular weight excluding hydrogens is 218 g/mol. The summed E-state index contributed by atoms with van der Waals surface area (Å²) in [6.45, 7) is 0. The third-order valence-corrected chi connectivity index (χ3v) is 1.76. The molecule has 0 aromatic heterocycles. The third-order valence-electron chi connectivity index (χ3n) is 1.25. The highest BCUT2D eigenvalue weighted by Crippen LogP contribution is 2.30. The lowest BCUT2D eigenvalue weighted by Gasteiger charge is -2.02. The second kappa shape index (κ2) is 3.49. The van der Waals surface area contributed by atoms with Crippen molar-refractivity contribution < 1.29 is 25.8 Å². The van der Waals surface area contributed by atoms with Crippen molar-refractivity contribution in [1.82, 2.24) is 0 Å². The van der Waals surface area contributed by atoms with E-state index in [1.54, 1.807) is 0 Å². The molecule has 0 heterocycles. The lowest BCUT2D eigenvalue weighted by molar-refractivity contribution is 0.360. The first-order chi connectivity index (χ1) is 6.00. The number of hydrogen-bond acceptors (Lipinski definition) is 1. The summed E-state index contributed by atoms with van der Waals surface area (Å²) in [5.74, 6) is -10.9. The first-order valence-electron chi connectivity index (χ1n) is 2.80. The van der Waals surface area contributed by atoms with Gasteiger partial charge in [-0.25, -0.2) is 22.0 Å². The van der Waals surface area contributed by atoms with E-state index in [2.05, 4.69) is 0 Å². The van der Waals surface area contributed by atoms with E-state index in [4.69, 9.17) is 0 Å². The van der Waals surface area contributed by atoms with E-state index in [9.17, 15) is 25.8 Å². The SMILES string of the molecule is FSc1c(F)c(F)c(F)c(F)c1F. The molecule has 0 fully saturated rings. The minimum atomic E-state index is -2.30. The van der Waals surface area contributed by atoms with Crippen molar-refractivity contribution in [2.45, 2.75) is 4.90 Å². The maximum atomic E-state index is 12.4. The van der Waals surface area contributed by atoms with Crippen molar-refractivity contribution in [1.29, 1.82) is 0 Å². The first kappa shape index (κ1) is 10.2. The number of hydrogen-bond donors (Lipinski definition) is 0. The fraction of sp³-hybridized carbons (Fsp3) is 0. The molecule has 0 N–H and O–H groups in total. The van der Waals surface area contributed by atoms with Crippen LogP contribution >= 0.6 is 12.1 Å². The summed E-state index contributed by atoms with van der Waals surface area (Å²) < 4.78 is 73.3. The van der Waals surface area contributed by atoms with Crippen LogP contribution in [-0.2, 0) is 0 Å². The van der Waals surface area contributed by atoms with Crippen molar-refractivity contribution >= 4 is 12.1 Å². The van der Waals surface area contributed by atoms with Crippen LogP contribution in [0.2, 0.25) is 0 Å². The summed E-state index contributed by atoms with van der Waals surface area (Å²) in [5, 5.41) is 0. The van der Waals surface area contributed by atoms with Gasteiger partial charge in [0.25, 0.3) is 0 Å². The molecule has 0 spiro atoms. The van der Waals surface area contributed by atoms with E-state index in [1.807, 2.05) is 0 Å². The molecule has 1 aromatic rings. The van der Waals surface area contributed by atoms with Gasteiger partial charge in [-0.1, -0.05) is 0 Å². The molecule has 0 unspecified atom stereocenters. The Hall–Kier alpha value is -0.850. The zero-order chi connectivity index (χ0) is 10.2. The monoisotopic (exact) mass is 218 g/mol. The smallest absolute Gasteiger partial charge is 0.200 e. The van der Waals surface area contributed by atoms with Gasteiger partial charge in [-0.15, -0.1) is 0 Å². The summed E-state index contributed by atoms with van der Waals surface area (Å²) in [6.07, 6.45) is 0. The Morgan fingerprint density at radius 2 is 0.923 bits per heavy atom. The second-order valence-corrected chi connectivity index (χ2v) is 2.54. The van der Waals surface area contributed by atoms with E-state index in [1.165, 1.54) is 0 Å². The molecule has 13 heavy (non-hydrogen) atoms. The molecule has 72 valence electrons. The first-order valence-corrected chi connectivity index (χ1v) is 3.52. The van der Waals surface area contributed by atoms with Gasteiger partial charge in [-0.05, 0) is 0 Å².